The quantitative estimate of drug-likeness (QED) is 0.747. The van der Waals surface area contributed by atoms with E-state index in [1.54, 1.807) is 37.4 Å². The number of nitrogens with zero attached hydrogens (tertiary/aromatic N) is 2. The molecule has 0 atom stereocenters. The van der Waals surface area contributed by atoms with Gasteiger partial charge in [-0.05, 0) is 24.3 Å². The molecule has 0 aliphatic carbocycles. The lowest BCUT2D eigenvalue weighted by Crippen LogP contribution is -2.12. The Hall–Kier alpha value is -3.35. The third-order valence-electron chi connectivity index (χ3n) is 3.30. The first-order valence-electron chi connectivity index (χ1n) is 7.16. The van der Waals surface area contributed by atoms with E-state index < -0.39 is 5.91 Å². The van der Waals surface area contributed by atoms with Crippen LogP contribution >= 0.6 is 0 Å². The minimum Gasteiger partial charge on any atom is -0.497 e. The largest absolute Gasteiger partial charge is 0.497 e. The van der Waals surface area contributed by atoms with E-state index in [2.05, 4.69) is 10.1 Å². The van der Waals surface area contributed by atoms with Crippen molar-refractivity contribution >= 4 is 5.91 Å². The summed E-state index contributed by atoms with van der Waals surface area (Å²) in [5.74, 6) is 1.22. The van der Waals surface area contributed by atoms with Crippen molar-refractivity contribution in [2.24, 2.45) is 5.73 Å². The number of hydrogen-bond acceptors (Lipinski definition) is 6. The molecule has 0 saturated carbocycles. The van der Waals surface area contributed by atoms with Gasteiger partial charge in [-0.15, -0.1) is 0 Å². The molecule has 2 aromatic carbocycles. The fourth-order valence-electron chi connectivity index (χ4n) is 2.13. The van der Waals surface area contributed by atoms with E-state index in [-0.39, 0.29) is 12.5 Å². The minimum absolute atomic E-state index is 0.0290. The summed E-state index contributed by atoms with van der Waals surface area (Å²) in [6.45, 7) is 0.0290. The summed E-state index contributed by atoms with van der Waals surface area (Å²) in [5, 5.41) is 3.92. The number of hydrogen-bond donors (Lipinski definition) is 1. The number of ether oxygens (including phenoxy) is 2. The van der Waals surface area contributed by atoms with Crippen molar-refractivity contribution in [2.45, 2.75) is 6.61 Å². The number of carbonyl (C=O) groups is 1. The maximum atomic E-state index is 11.4. The van der Waals surface area contributed by atoms with Crippen LogP contribution in [-0.2, 0) is 6.61 Å². The van der Waals surface area contributed by atoms with Gasteiger partial charge in [0, 0.05) is 5.56 Å². The summed E-state index contributed by atoms with van der Waals surface area (Å²) < 4.78 is 15.9. The molecule has 0 saturated heterocycles. The molecule has 0 aliphatic rings. The number of aromatic nitrogens is 2. The van der Waals surface area contributed by atoms with E-state index >= 15 is 0 Å². The highest BCUT2D eigenvalue weighted by atomic mass is 16.5. The average molecular weight is 325 g/mol. The zero-order valence-electron chi connectivity index (χ0n) is 12.9. The van der Waals surface area contributed by atoms with Crippen LogP contribution in [0.5, 0.6) is 11.5 Å². The summed E-state index contributed by atoms with van der Waals surface area (Å²) in [5.41, 5.74) is 6.37. The van der Waals surface area contributed by atoms with Crippen molar-refractivity contribution in [3.05, 3.63) is 60.0 Å². The monoisotopic (exact) mass is 325 g/mol. The molecule has 24 heavy (non-hydrogen) atoms. The number of methoxy groups -OCH3 is 1. The summed E-state index contributed by atoms with van der Waals surface area (Å²) in [6, 6.07) is 14.0. The van der Waals surface area contributed by atoms with Crippen molar-refractivity contribution in [3.8, 4) is 22.9 Å². The molecule has 0 bridgehead atoms. The van der Waals surface area contributed by atoms with Crippen LogP contribution < -0.4 is 15.2 Å². The van der Waals surface area contributed by atoms with Gasteiger partial charge in [0.25, 0.3) is 11.8 Å². The van der Waals surface area contributed by atoms with Gasteiger partial charge in [-0.2, -0.15) is 4.98 Å². The van der Waals surface area contributed by atoms with E-state index in [0.717, 1.165) is 5.56 Å². The lowest BCUT2D eigenvalue weighted by molar-refractivity contribution is 0.0995. The Morgan fingerprint density at radius 2 is 2.04 bits per heavy atom. The van der Waals surface area contributed by atoms with Gasteiger partial charge in [0.1, 0.15) is 11.5 Å². The third kappa shape index (κ3) is 3.35. The fourth-order valence-corrected chi connectivity index (χ4v) is 2.13. The predicted octanol–water partition coefficient (Wildman–Crippen LogP) is 2.42. The van der Waals surface area contributed by atoms with Gasteiger partial charge in [-0.1, -0.05) is 29.4 Å². The van der Waals surface area contributed by atoms with Gasteiger partial charge in [0.05, 0.1) is 12.7 Å². The first-order valence-corrected chi connectivity index (χ1v) is 7.16. The number of primary amides is 1. The van der Waals surface area contributed by atoms with Crippen LogP contribution in [0.1, 0.15) is 16.2 Å². The number of carbonyl (C=O) groups excluding carboxylic acids is 1. The molecule has 3 rings (SSSR count). The number of amides is 1. The molecule has 2 N–H and O–H groups in total. The van der Waals surface area contributed by atoms with Gasteiger partial charge in [-0.3, -0.25) is 4.79 Å². The second-order valence-electron chi connectivity index (χ2n) is 4.89. The van der Waals surface area contributed by atoms with E-state index in [9.17, 15) is 4.79 Å². The Kier molecular flexibility index (Phi) is 4.42. The van der Waals surface area contributed by atoms with E-state index in [0.29, 0.717) is 22.9 Å². The maximum absolute atomic E-state index is 11.4. The van der Waals surface area contributed by atoms with Crippen molar-refractivity contribution in [3.63, 3.8) is 0 Å². The Morgan fingerprint density at radius 3 is 2.83 bits per heavy atom. The summed E-state index contributed by atoms with van der Waals surface area (Å²) in [7, 11) is 1.59. The molecule has 1 amide bonds. The zero-order chi connectivity index (χ0) is 16.9. The van der Waals surface area contributed by atoms with Crippen molar-refractivity contribution in [1.82, 2.24) is 10.1 Å². The summed E-state index contributed by atoms with van der Waals surface area (Å²) in [6.07, 6.45) is 0. The topological polar surface area (TPSA) is 100 Å². The SMILES string of the molecule is COc1cccc(-c2noc(COc3ccccc3C(N)=O)n2)c1. The average Bonchev–Trinajstić information content (AvgIpc) is 3.09. The summed E-state index contributed by atoms with van der Waals surface area (Å²) >= 11 is 0. The molecule has 7 nitrogen and oxygen atoms in total. The normalized spacial score (nSPS) is 10.4. The maximum Gasteiger partial charge on any atom is 0.264 e. The highest BCUT2D eigenvalue weighted by Crippen LogP contribution is 2.22. The summed E-state index contributed by atoms with van der Waals surface area (Å²) in [4.78, 5) is 15.6. The molecule has 0 spiro atoms. The van der Waals surface area contributed by atoms with E-state index in [4.69, 9.17) is 19.7 Å². The second kappa shape index (κ2) is 6.82. The minimum atomic E-state index is -0.562. The third-order valence-corrected chi connectivity index (χ3v) is 3.30. The van der Waals surface area contributed by atoms with Crippen molar-refractivity contribution in [1.29, 1.82) is 0 Å². The Labute approximate surface area is 138 Å². The molecule has 7 heteroatoms. The Bertz CT molecular complexity index is 860. The predicted molar refractivity (Wildman–Crippen MR) is 85.6 cm³/mol. The molecule has 3 aromatic rings. The smallest absolute Gasteiger partial charge is 0.264 e. The standard InChI is InChI=1S/C17H15N3O4/c1-22-12-6-4-5-11(9-12)17-19-15(24-20-17)10-23-14-8-3-2-7-13(14)16(18)21/h2-9H,10H2,1H3,(H2,18,21). The molecular formula is C17H15N3O4. The van der Waals surface area contributed by atoms with Crippen LogP contribution in [0.2, 0.25) is 0 Å². The lowest BCUT2D eigenvalue weighted by Gasteiger charge is -2.06. The Morgan fingerprint density at radius 1 is 1.21 bits per heavy atom. The highest BCUT2D eigenvalue weighted by molar-refractivity contribution is 5.95. The van der Waals surface area contributed by atoms with Crippen LogP contribution in [0.3, 0.4) is 0 Å². The van der Waals surface area contributed by atoms with Gasteiger partial charge < -0.3 is 19.7 Å². The van der Waals surface area contributed by atoms with Crippen LogP contribution in [0, 0.1) is 0 Å². The number of nitrogens with two attached hydrogens (primary N) is 1. The number of rotatable bonds is 6. The number of benzene rings is 2. The molecule has 1 heterocycles. The molecule has 1 aromatic heterocycles. The number of para-hydroxylation sites is 1. The van der Waals surface area contributed by atoms with E-state index in [1.165, 1.54) is 0 Å². The fraction of sp³-hybridized carbons (Fsp3) is 0.118. The highest BCUT2D eigenvalue weighted by Gasteiger charge is 2.12. The van der Waals surface area contributed by atoms with Crippen molar-refractivity contribution < 1.29 is 18.8 Å². The van der Waals surface area contributed by atoms with Crippen LogP contribution in [0.15, 0.2) is 53.1 Å². The molecule has 122 valence electrons. The van der Waals surface area contributed by atoms with Gasteiger partial charge >= 0.3 is 0 Å². The van der Waals surface area contributed by atoms with Crippen LogP contribution in [0.4, 0.5) is 0 Å². The molecule has 0 radical (unpaired) electrons. The second-order valence-corrected chi connectivity index (χ2v) is 4.89. The van der Waals surface area contributed by atoms with Gasteiger partial charge in [0.2, 0.25) is 5.82 Å². The molecule has 0 unspecified atom stereocenters. The first-order chi connectivity index (χ1) is 11.7. The molecule has 0 aliphatic heterocycles. The Balaban J connectivity index is 1.74. The van der Waals surface area contributed by atoms with Gasteiger partial charge in [0.15, 0.2) is 6.61 Å². The lowest BCUT2D eigenvalue weighted by atomic mass is 10.2. The zero-order valence-corrected chi connectivity index (χ0v) is 12.9. The molecular weight excluding hydrogens is 310 g/mol. The first kappa shape index (κ1) is 15.5. The van der Waals surface area contributed by atoms with Crippen LogP contribution in [0.25, 0.3) is 11.4 Å². The van der Waals surface area contributed by atoms with Crippen molar-refractivity contribution in [2.75, 3.05) is 7.11 Å². The van der Waals surface area contributed by atoms with Crippen LogP contribution in [-0.4, -0.2) is 23.2 Å². The molecule has 0 fully saturated rings. The van der Waals surface area contributed by atoms with E-state index in [1.807, 2.05) is 18.2 Å². The van der Waals surface area contributed by atoms with Gasteiger partial charge in [-0.25, -0.2) is 0 Å².